The van der Waals surface area contributed by atoms with Gasteiger partial charge in [-0.2, -0.15) is 0 Å². The van der Waals surface area contributed by atoms with Gasteiger partial charge in [-0.25, -0.2) is 4.79 Å². The monoisotopic (exact) mass is 271 g/mol. The number of benzene rings is 2. The number of rotatable bonds is 4. The Labute approximate surface area is 117 Å². The molecule has 0 heterocycles. The van der Waals surface area contributed by atoms with Crippen LogP contribution >= 0.6 is 0 Å². The molecule has 0 N–H and O–H groups in total. The molecule has 104 valence electrons. The van der Waals surface area contributed by atoms with E-state index in [0.717, 1.165) is 11.1 Å². The Morgan fingerprint density at radius 1 is 0.950 bits per heavy atom. The van der Waals surface area contributed by atoms with E-state index in [1.165, 1.54) is 0 Å². The standard InChI is InChI=1S/C9H8O3.C7H7O/c10-6-9(11)12-7-8-4-2-1-3-5-8;8-6-7-4-2-1-3-5-7/h1-6H,7H2;1-5H,6H2/q;-1. The second kappa shape index (κ2) is 9.47. The summed E-state index contributed by atoms with van der Waals surface area (Å²) in [6.45, 7) is 0.0409. The molecule has 20 heavy (non-hydrogen) atoms. The maximum absolute atomic E-state index is 10.4. The van der Waals surface area contributed by atoms with E-state index in [1.807, 2.05) is 60.7 Å². The summed E-state index contributed by atoms with van der Waals surface area (Å²) in [4.78, 5) is 20.2. The van der Waals surface area contributed by atoms with Gasteiger partial charge >= 0.3 is 5.97 Å². The van der Waals surface area contributed by atoms with Crippen molar-refractivity contribution in [2.75, 3.05) is 0 Å². The van der Waals surface area contributed by atoms with Gasteiger partial charge in [0.1, 0.15) is 6.61 Å². The lowest BCUT2D eigenvalue weighted by atomic mass is 10.2. The predicted molar refractivity (Wildman–Crippen MR) is 72.4 cm³/mol. The third-order valence-corrected chi connectivity index (χ3v) is 2.33. The van der Waals surface area contributed by atoms with Gasteiger partial charge in [0.15, 0.2) is 0 Å². The summed E-state index contributed by atoms with van der Waals surface area (Å²) in [5.74, 6) is -0.834. The van der Waals surface area contributed by atoms with Crippen molar-refractivity contribution in [2.24, 2.45) is 0 Å². The molecule has 0 bridgehead atoms. The zero-order valence-corrected chi connectivity index (χ0v) is 10.9. The second-order valence-corrected chi connectivity index (χ2v) is 3.84. The summed E-state index contributed by atoms with van der Waals surface area (Å²) in [7, 11) is 0. The van der Waals surface area contributed by atoms with E-state index in [4.69, 9.17) is 0 Å². The number of aldehydes is 1. The quantitative estimate of drug-likeness (QED) is 0.480. The average Bonchev–Trinajstić information content (AvgIpc) is 2.55. The fourth-order valence-corrected chi connectivity index (χ4v) is 1.34. The molecule has 0 amide bonds. The fourth-order valence-electron chi connectivity index (χ4n) is 1.34. The van der Waals surface area contributed by atoms with Crippen LogP contribution < -0.4 is 5.11 Å². The highest BCUT2D eigenvalue weighted by atomic mass is 16.5. The van der Waals surface area contributed by atoms with Crippen molar-refractivity contribution in [1.82, 2.24) is 0 Å². The van der Waals surface area contributed by atoms with Crippen molar-refractivity contribution in [2.45, 2.75) is 13.2 Å². The molecule has 0 spiro atoms. The minimum absolute atomic E-state index is 0.110. The summed E-state index contributed by atoms with van der Waals surface area (Å²) in [5.41, 5.74) is 1.72. The molecule has 0 aliphatic carbocycles. The molecule has 2 aromatic carbocycles. The number of carbonyl (C=O) groups excluding carboxylic acids is 2. The van der Waals surface area contributed by atoms with Crippen LogP contribution in [0.4, 0.5) is 0 Å². The highest BCUT2D eigenvalue weighted by Crippen LogP contribution is 1.99. The lowest BCUT2D eigenvalue weighted by Gasteiger charge is -2.00. The van der Waals surface area contributed by atoms with Crippen molar-refractivity contribution in [3.63, 3.8) is 0 Å². The molecule has 4 heteroatoms. The zero-order chi connectivity index (χ0) is 14.6. The highest BCUT2D eigenvalue weighted by molar-refractivity contribution is 6.20. The van der Waals surface area contributed by atoms with E-state index in [9.17, 15) is 14.7 Å². The lowest BCUT2D eigenvalue weighted by molar-refractivity contribution is -0.386. The van der Waals surface area contributed by atoms with Gasteiger partial charge in [0.25, 0.3) is 0 Å². The van der Waals surface area contributed by atoms with Gasteiger partial charge in [0.05, 0.1) is 0 Å². The van der Waals surface area contributed by atoms with Crippen LogP contribution in [0.1, 0.15) is 11.1 Å². The fraction of sp³-hybridized carbons (Fsp3) is 0.125. The van der Waals surface area contributed by atoms with Crippen molar-refractivity contribution < 1.29 is 19.4 Å². The van der Waals surface area contributed by atoms with E-state index < -0.39 is 5.97 Å². The zero-order valence-electron chi connectivity index (χ0n) is 10.9. The summed E-state index contributed by atoms with van der Waals surface area (Å²) >= 11 is 0. The third-order valence-electron chi connectivity index (χ3n) is 2.33. The third kappa shape index (κ3) is 6.47. The van der Waals surface area contributed by atoms with Crippen LogP contribution in [0.3, 0.4) is 0 Å². The van der Waals surface area contributed by atoms with Gasteiger partial charge in [-0.05, 0) is 5.56 Å². The number of esters is 1. The van der Waals surface area contributed by atoms with E-state index in [0.29, 0.717) is 0 Å². The maximum atomic E-state index is 10.4. The summed E-state index contributed by atoms with van der Waals surface area (Å²) in [6.07, 6.45) is 0.156. The van der Waals surface area contributed by atoms with Crippen LogP contribution in [0.2, 0.25) is 0 Å². The lowest BCUT2D eigenvalue weighted by Crippen LogP contribution is -2.04. The van der Waals surface area contributed by atoms with E-state index in [1.54, 1.807) is 0 Å². The summed E-state index contributed by atoms with van der Waals surface area (Å²) in [5, 5.41) is 10.1. The summed E-state index contributed by atoms with van der Waals surface area (Å²) in [6, 6.07) is 18.5. The smallest absolute Gasteiger partial charge is 0.371 e. The minimum atomic E-state index is -0.834. The first-order chi connectivity index (χ1) is 9.76. The molecular formula is C16H15O4-. The average molecular weight is 271 g/mol. The molecule has 0 unspecified atom stereocenters. The van der Waals surface area contributed by atoms with Gasteiger partial charge < -0.3 is 9.84 Å². The van der Waals surface area contributed by atoms with E-state index >= 15 is 0 Å². The Morgan fingerprint density at radius 3 is 1.85 bits per heavy atom. The Bertz CT molecular complexity index is 509. The maximum Gasteiger partial charge on any atom is 0.371 e. The van der Waals surface area contributed by atoms with E-state index in [-0.39, 0.29) is 19.5 Å². The van der Waals surface area contributed by atoms with Gasteiger partial charge in [-0.1, -0.05) is 66.2 Å². The Balaban J connectivity index is 0.000000217. The van der Waals surface area contributed by atoms with Crippen LogP contribution in [0.15, 0.2) is 60.7 Å². The normalized spacial score (nSPS) is 9.05. The van der Waals surface area contributed by atoms with Gasteiger partial charge in [0.2, 0.25) is 6.29 Å². The largest absolute Gasteiger partial charge is 0.851 e. The molecule has 0 aliphatic rings. The van der Waals surface area contributed by atoms with Crippen molar-refractivity contribution in [3.8, 4) is 0 Å². The van der Waals surface area contributed by atoms with Gasteiger partial charge in [-0.3, -0.25) is 4.79 Å². The molecule has 0 saturated heterocycles. The first-order valence-corrected chi connectivity index (χ1v) is 6.04. The van der Waals surface area contributed by atoms with Crippen LogP contribution in [-0.4, -0.2) is 12.3 Å². The van der Waals surface area contributed by atoms with Crippen LogP contribution in [0.5, 0.6) is 0 Å². The van der Waals surface area contributed by atoms with Crippen LogP contribution in [-0.2, 0) is 27.5 Å². The van der Waals surface area contributed by atoms with Crippen molar-refractivity contribution >= 4 is 12.3 Å². The Morgan fingerprint density at radius 2 is 1.45 bits per heavy atom. The van der Waals surface area contributed by atoms with Crippen LogP contribution in [0.25, 0.3) is 0 Å². The molecule has 0 aliphatic heterocycles. The van der Waals surface area contributed by atoms with Gasteiger partial charge in [-0.15, -0.1) is 6.61 Å². The van der Waals surface area contributed by atoms with Crippen molar-refractivity contribution in [1.29, 1.82) is 0 Å². The van der Waals surface area contributed by atoms with Gasteiger partial charge in [0, 0.05) is 0 Å². The molecule has 4 nitrogen and oxygen atoms in total. The molecule has 2 rings (SSSR count). The molecule has 0 atom stereocenters. The Hall–Kier alpha value is -2.46. The first-order valence-electron chi connectivity index (χ1n) is 6.04. The topological polar surface area (TPSA) is 66.4 Å². The molecule has 0 saturated carbocycles. The predicted octanol–water partition coefficient (Wildman–Crippen LogP) is 1.48. The van der Waals surface area contributed by atoms with E-state index in [2.05, 4.69) is 4.74 Å². The number of hydrogen-bond acceptors (Lipinski definition) is 4. The second-order valence-electron chi connectivity index (χ2n) is 3.84. The number of hydrogen-bond donors (Lipinski definition) is 0. The van der Waals surface area contributed by atoms with Crippen LogP contribution in [0, 0.1) is 0 Å². The minimum Gasteiger partial charge on any atom is -0.851 e. The highest BCUT2D eigenvalue weighted by Gasteiger charge is 1.98. The molecule has 0 aromatic heterocycles. The number of ether oxygens (including phenoxy) is 1. The molecule has 2 aromatic rings. The molecular weight excluding hydrogens is 256 g/mol. The number of carbonyl (C=O) groups is 2. The molecule has 0 fully saturated rings. The Kier molecular flexibility index (Phi) is 7.38. The SMILES string of the molecule is O=CC(=O)OCc1ccccc1.[O-]Cc1ccccc1. The first kappa shape index (κ1) is 15.6. The van der Waals surface area contributed by atoms with Crippen molar-refractivity contribution in [3.05, 3.63) is 71.8 Å². The summed E-state index contributed by atoms with van der Waals surface area (Å²) < 4.78 is 4.57. The molecule has 0 radical (unpaired) electrons.